The number of carbonyl (C=O) groups is 6. The van der Waals surface area contributed by atoms with Crippen LogP contribution < -0.4 is 0 Å². The van der Waals surface area contributed by atoms with Gasteiger partial charge in [-0.1, -0.05) is 0 Å². The van der Waals surface area contributed by atoms with Gasteiger partial charge in [-0.15, -0.1) is 0 Å². The molecule has 2 N–H and O–H groups in total. The highest BCUT2D eigenvalue weighted by Crippen LogP contribution is 2.32. The number of hydrogen-bond acceptors (Lipinski definition) is 16. The van der Waals surface area contributed by atoms with E-state index in [2.05, 4.69) is 18.9 Å². The van der Waals surface area contributed by atoms with Crippen molar-refractivity contribution in [3.05, 3.63) is 0 Å². The van der Waals surface area contributed by atoms with Crippen LogP contribution in [-0.4, -0.2) is 118 Å². The average Bonchev–Trinajstić information content (AvgIpc) is 2.96. The van der Waals surface area contributed by atoms with E-state index in [1.807, 2.05) is 0 Å². The van der Waals surface area contributed by atoms with Crippen LogP contribution in [0.1, 0.15) is 61.8 Å². The lowest BCUT2D eigenvalue weighted by Gasteiger charge is -2.39. The van der Waals surface area contributed by atoms with Crippen LogP contribution in [0.2, 0.25) is 0 Å². The smallest absolute Gasteiger partial charge is 0.328 e. The van der Waals surface area contributed by atoms with Crippen molar-refractivity contribution >= 4 is 35.8 Å². The van der Waals surface area contributed by atoms with E-state index in [0.717, 1.165) is 0 Å². The first-order chi connectivity index (χ1) is 20.7. The van der Waals surface area contributed by atoms with Gasteiger partial charge in [-0.25, -0.2) is 0 Å². The summed E-state index contributed by atoms with van der Waals surface area (Å²) in [7, 11) is 0. The molecular formula is C28H48O16. The average molecular weight is 641 g/mol. The van der Waals surface area contributed by atoms with Gasteiger partial charge in [-0.05, 0) is 55.4 Å². The zero-order valence-corrected chi connectivity index (χ0v) is 26.9. The lowest BCUT2D eigenvalue weighted by molar-refractivity contribution is -0.283. The Morgan fingerprint density at radius 1 is 0.591 bits per heavy atom. The molecule has 0 radical (unpaired) electrons. The van der Waals surface area contributed by atoms with Gasteiger partial charge >= 0.3 is 35.8 Å². The molecule has 1 aliphatic rings. The standard InChI is InChI=1S/C12H20O6.C9H16O6.C7H12O4/c1-5-15-9(13)12(10(14)16-6-2)7-17-11(3,4)18-8-12;1-3-14-7(12)9(5-10,6-11)8(13)15-4-2;1-3-10-6(8)5-7(9)11-4-2/h5-8H2,1-4H3;10-11H,3-6H2,1-2H3;3-5H2,1-2H3. The maximum Gasteiger partial charge on any atom is 0.328 e. The van der Waals surface area contributed by atoms with E-state index >= 15 is 0 Å². The number of aliphatic hydroxyl groups excluding tert-OH is 2. The first-order valence-corrected chi connectivity index (χ1v) is 14.2. The Labute approximate surface area is 257 Å². The summed E-state index contributed by atoms with van der Waals surface area (Å²) in [5, 5.41) is 18.0. The van der Waals surface area contributed by atoms with Gasteiger partial charge in [-0.3, -0.25) is 28.8 Å². The summed E-state index contributed by atoms with van der Waals surface area (Å²) in [6, 6.07) is 0. The molecule has 0 aromatic heterocycles. The molecule has 16 heteroatoms. The molecule has 44 heavy (non-hydrogen) atoms. The van der Waals surface area contributed by atoms with Crippen molar-refractivity contribution in [3.63, 3.8) is 0 Å². The molecule has 256 valence electrons. The molecule has 1 fully saturated rings. The molecule has 0 atom stereocenters. The minimum Gasteiger partial charge on any atom is -0.466 e. The van der Waals surface area contributed by atoms with Gasteiger partial charge in [-0.2, -0.15) is 0 Å². The minimum atomic E-state index is -2.01. The molecule has 1 heterocycles. The molecule has 1 rings (SSSR count). The van der Waals surface area contributed by atoms with Gasteiger partial charge in [0.1, 0.15) is 6.42 Å². The maximum absolute atomic E-state index is 12.0. The van der Waals surface area contributed by atoms with E-state index in [1.165, 1.54) is 0 Å². The van der Waals surface area contributed by atoms with E-state index in [-0.39, 0.29) is 59.3 Å². The van der Waals surface area contributed by atoms with Crippen molar-refractivity contribution in [2.45, 2.75) is 67.6 Å². The monoisotopic (exact) mass is 640 g/mol. The van der Waals surface area contributed by atoms with Crippen LogP contribution in [0.5, 0.6) is 0 Å². The van der Waals surface area contributed by atoms with Crippen LogP contribution in [-0.2, 0) is 66.7 Å². The Bertz CT molecular complexity index is 843. The Morgan fingerprint density at radius 3 is 1.18 bits per heavy atom. The van der Waals surface area contributed by atoms with Gasteiger partial charge in [0.25, 0.3) is 0 Å². The molecule has 0 unspecified atom stereocenters. The van der Waals surface area contributed by atoms with Crippen molar-refractivity contribution in [1.82, 2.24) is 0 Å². The predicted octanol–water partition coefficient (Wildman–Crippen LogP) is 0.468. The van der Waals surface area contributed by atoms with Gasteiger partial charge in [0.05, 0.1) is 66.1 Å². The quantitative estimate of drug-likeness (QED) is 0.150. The third-order valence-electron chi connectivity index (χ3n) is 5.44. The Kier molecular flexibility index (Phi) is 21.6. The zero-order chi connectivity index (χ0) is 34.4. The third kappa shape index (κ3) is 14.0. The van der Waals surface area contributed by atoms with Gasteiger partial charge < -0.3 is 48.1 Å². The Morgan fingerprint density at radius 2 is 0.909 bits per heavy atom. The summed E-state index contributed by atoms with van der Waals surface area (Å²) in [6.45, 7) is 12.4. The fraction of sp³-hybridized carbons (Fsp3) is 0.786. The topological polar surface area (TPSA) is 217 Å². The number of ether oxygens (including phenoxy) is 8. The maximum atomic E-state index is 12.0. The number of aliphatic hydroxyl groups is 2. The van der Waals surface area contributed by atoms with Gasteiger partial charge in [0.2, 0.25) is 10.8 Å². The summed E-state index contributed by atoms with van der Waals surface area (Å²) in [4.78, 5) is 67.9. The summed E-state index contributed by atoms with van der Waals surface area (Å²) in [5.74, 6) is -5.18. The van der Waals surface area contributed by atoms with Crippen molar-refractivity contribution in [3.8, 4) is 0 Å². The molecule has 16 nitrogen and oxygen atoms in total. The van der Waals surface area contributed by atoms with Gasteiger partial charge in [0.15, 0.2) is 5.79 Å². The molecule has 0 aromatic rings. The zero-order valence-electron chi connectivity index (χ0n) is 26.9. The molecule has 0 aromatic carbocycles. The van der Waals surface area contributed by atoms with E-state index in [0.29, 0.717) is 0 Å². The highest BCUT2D eigenvalue weighted by molar-refractivity contribution is 6.01. The first-order valence-electron chi connectivity index (χ1n) is 14.2. The highest BCUT2D eigenvalue weighted by Gasteiger charge is 2.54. The molecule has 1 saturated heterocycles. The Hall–Kier alpha value is -3.34. The van der Waals surface area contributed by atoms with E-state index in [4.69, 9.17) is 29.2 Å². The summed E-state index contributed by atoms with van der Waals surface area (Å²) < 4.78 is 38.9. The third-order valence-corrected chi connectivity index (χ3v) is 5.44. The van der Waals surface area contributed by atoms with Crippen LogP contribution in [0, 0.1) is 10.8 Å². The van der Waals surface area contributed by atoms with Crippen molar-refractivity contribution in [1.29, 1.82) is 0 Å². The molecule has 0 bridgehead atoms. The second-order valence-electron chi connectivity index (χ2n) is 9.13. The molecule has 1 aliphatic heterocycles. The number of rotatable bonds is 14. The largest absolute Gasteiger partial charge is 0.466 e. The second kappa shape index (κ2) is 22.2. The lowest BCUT2D eigenvalue weighted by atomic mass is 9.89. The molecule has 0 aliphatic carbocycles. The SMILES string of the molecule is CCOC(=O)C(CO)(CO)C(=O)OCC.CCOC(=O)C1(C(=O)OCC)COC(C)(C)OC1.CCOC(=O)CC(=O)OCC. The molecule has 0 spiro atoms. The van der Waals surface area contributed by atoms with Crippen LogP contribution >= 0.6 is 0 Å². The van der Waals surface area contributed by atoms with Gasteiger partial charge in [0, 0.05) is 0 Å². The van der Waals surface area contributed by atoms with Crippen LogP contribution in [0.25, 0.3) is 0 Å². The van der Waals surface area contributed by atoms with E-state index in [9.17, 15) is 28.8 Å². The van der Waals surface area contributed by atoms with Crippen molar-refractivity contribution in [2.24, 2.45) is 10.8 Å². The number of hydrogen-bond donors (Lipinski definition) is 2. The highest BCUT2D eigenvalue weighted by atomic mass is 16.7. The van der Waals surface area contributed by atoms with Crippen LogP contribution in [0.15, 0.2) is 0 Å². The number of esters is 6. The fourth-order valence-electron chi connectivity index (χ4n) is 3.01. The van der Waals surface area contributed by atoms with E-state index < -0.39 is 65.6 Å². The minimum absolute atomic E-state index is 0.0555. The predicted molar refractivity (Wildman–Crippen MR) is 149 cm³/mol. The van der Waals surface area contributed by atoms with Crippen molar-refractivity contribution in [2.75, 3.05) is 66.1 Å². The Balaban J connectivity index is 0. The second-order valence-corrected chi connectivity index (χ2v) is 9.13. The fourth-order valence-corrected chi connectivity index (χ4v) is 3.01. The molecular weight excluding hydrogens is 592 g/mol. The number of carbonyl (C=O) groups excluding carboxylic acids is 6. The van der Waals surface area contributed by atoms with E-state index in [1.54, 1.807) is 55.4 Å². The first kappa shape index (κ1) is 42.8. The summed E-state index contributed by atoms with van der Waals surface area (Å²) >= 11 is 0. The van der Waals surface area contributed by atoms with Crippen LogP contribution in [0.4, 0.5) is 0 Å². The lowest BCUT2D eigenvalue weighted by Crippen LogP contribution is -2.56. The summed E-state index contributed by atoms with van der Waals surface area (Å²) in [6.07, 6.45) is -0.290. The molecule has 0 amide bonds. The van der Waals surface area contributed by atoms with Crippen molar-refractivity contribution < 1.29 is 76.9 Å². The van der Waals surface area contributed by atoms with Crippen LogP contribution in [0.3, 0.4) is 0 Å². The molecule has 0 saturated carbocycles. The normalized spacial score (nSPS) is 14.6. The summed E-state index contributed by atoms with van der Waals surface area (Å²) in [5.41, 5.74) is -3.52.